The normalized spacial score (nSPS) is 19.4. The first-order valence-corrected chi connectivity index (χ1v) is 6.83. The zero-order chi connectivity index (χ0) is 14.3. The Morgan fingerprint density at radius 1 is 1.20 bits per heavy atom. The molecule has 0 spiro atoms. The Balaban J connectivity index is 2.18. The van der Waals surface area contributed by atoms with E-state index in [0.29, 0.717) is 11.3 Å². The number of rotatable bonds is 1. The Hall–Kier alpha value is -2.27. The molecule has 0 unspecified atom stereocenters. The van der Waals surface area contributed by atoms with E-state index in [2.05, 4.69) is 32.0 Å². The molecule has 0 saturated heterocycles. The van der Waals surface area contributed by atoms with E-state index < -0.39 is 0 Å². The molecule has 3 rings (SSSR count). The summed E-state index contributed by atoms with van der Waals surface area (Å²) in [5.41, 5.74) is 4.43. The number of nitrogens with zero attached hydrogens (tertiary/aromatic N) is 1. The number of nitriles is 1. The lowest BCUT2D eigenvalue weighted by molar-refractivity contribution is 0.346. The van der Waals surface area contributed by atoms with Crippen molar-refractivity contribution in [2.75, 3.05) is 0 Å². The average molecular weight is 263 g/mol. The molecule has 2 aromatic carbocycles. The molecule has 0 fully saturated rings. The minimum Gasteiger partial charge on any atom is -0.508 e. The van der Waals surface area contributed by atoms with E-state index in [1.54, 1.807) is 6.07 Å². The fourth-order valence-corrected chi connectivity index (χ4v) is 3.44. The highest BCUT2D eigenvalue weighted by molar-refractivity contribution is 5.50. The van der Waals surface area contributed by atoms with Crippen LogP contribution in [0.2, 0.25) is 0 Å². The maximum absolute atomic E-state index is 9.74. The number of phenols is 1. The molecule has 20 heavy (non-hydrogen) atoms. The third kappa shape index (κ3) is 1.96. The van der Waals surface area contributed by atoms with Crippen LogP contribution in [-0.4, -0.2) is 5.11 Å². The van der Waals surface area contributed by atoms with Crippen LogP contribution < -0.4 is 0 Å². The van der Waals surface area contributed by atoms with Crippen molar-refractivity contribution in [3.63, 3.8) is 0 Å². The van der Waals surface area contributed by atoms with Crippen molar-refractivity contribution < 1.29 is 5.11 Å². The lowest BCUT2D eigenvalue weighted by atomic mass is 9.75. The topological polar surface area (TPSA) is 44.0 Å². The van der Waals surface area contributed by atoms with E-state index >= 15 is 0 Å². The van der Waals surface area contributed by atoms with Gasteiger partial charge in [-0.05, 0) is 52.8 Å². The van der Waals surface area contributed by atoms with Crippen LogP contribution in [0.5, 0.6) is 5.75 Å². The van der Waals surface area contributed by atoms with Crippen molar-refractivity contribution >= 4 is 0 Å². The lowest BCUT2D eigenvalue weighted by Gasteiger charge is -2.28. The van der Waals surface area contributed by atoms with Crippen LogP contribution in [0.1, 0.15) is 42.0 Å². The number of fused-ring (bicyclic) bond motifs is 1. The molecule has 100 valence electrons. The van der Waals surface area contributed by atoms with Gasteiger partial charge in [-0.25, -0.2) is 0 Å². The van der Waals surface area contributed by atoms with Crippen LogP contribution in [0.15, 0.2) is 42.5 Å². The zero-order valence-electron chi connectivity index (χ0n) is 11.7. The number of hydrogen-bond donors (Lipinski definition) is 1. The second-order valence-electron chi connectivity index (χ2n) is 6.22. The summed E-state index contributed by atoms with van der Waals surface area (Å²) in [5, 5.41) is 18.8. The molecular weight excluding hydrogens is 246 g/mol. The van der Waals surface area contributed by atoms with Gasteiger partial charge >= 0.3 is 0 Å². The molecule has 0 aliphatic heterocycles. The van der Waals surface area contributed by atoms with E-state index in [4.69, 9.17) is 5.26 Å². The predicted octanol–water partition coefficient (Wildman–Crippen LogP) is 3.98. The maximum Gasteiger partial charge on any atom is 0.115 e. The summed E-state index contributed by atoms with van der Waals surface area (Å²) < 4.78 is 0. The number of aromatic hydroxyl groups is 1. The molecule has 0 radical (unpaired) electrons. The van der Waals surface area contributed by atoms with Gasteiger partial charge in [-0.2, -0.15) is 5.26 Å². The van der Waals surface area contributed by atoms with E-state index in [0.717, 1.165) is 12.0 Å². The highest BCUT2D eigenvalue weighted by Gasteiger charge is 2.39. The summed E-state index contributed by atoms with van der Waals surface area (Å²) in [4.78, 5) is 0. The summed E-state index contributed by atoms with van der Waals surface area (Å²) >= 11 is 0. The highest BCUT2D eigenvalue weighted by atomic mass is 16.3. The van der Waals surface area contributed by atoms with Gasteiger partial charge in [-0.15, -0.1) is 0 Å². The minimum absolute atomic E-state index is 0.0875. The molecule has 0 heterocycles. The second-order valence-corrected chi connectivity index (χ2v) is 6.22. The van der Waals surface area contributed by atoms with Crippen molar-refractivity contribution in [3.05, 3.63) is 64.7 Å². The molecular formula is C18H17NO. The molecule has 2 heteroatoms. The molecule has 1 N–H and O–H groups in total. The fourth-order valence-electron chi connectivity index (χ4n) is 3.44. The van der Waals surface area contributed by atoms with E-state index in [9.17, 15) is 5.11 Å². The van der Waals surface area contributed by atoms with Crippen molar-refractivity contribution in [2.45, 2.75) is 26.2 Å². The highest BCUT2D eigenvalue weighted by Crippen LogP contribution is 2.50. The van der Waals surface area contributed by atoms with Crippen molar-refractivity contribution in [1.82, 2.24) is 0 Å². The van der Waals surface area contributed by atoms with Crippen molar-refractivity contribution in [3.8, 4) is 11.8 Å². The predicted molar refractivity (Wildman–Crippen MR) is 78.6 cm³/mol. The molecule has 1 atom stereocenters. The Morgan fingerprint density at radius 3 is 2.70 bits per heavy atom. The number of benzene rings is 2. The second kappa shape index (κ2) is 4.38. The van der Waals surface area contributed by atoms with Crippen molar-refractivity contribution in [1.29, 1.82) is 5.26 Å². The van der Waals surface area contributed by atoms with Crippen LogP contribution >= 0.6 is 0 Å². The number of hydrogen-bond acceptors (Lipinski definition) is 2. The first kappa shape index (κ1) is 12.7. The summed E-state index contributed by atoms with van der Waals surface area (Å²) in [6.45, 7) is 4.49. The standard InChI is InChI=1S/C18H17NO/c1-18(2)10-14-7-6-12(11-19)8-16(14)17(18)13-4-3-5-15(20)9-13/h3-9,17,20H,10H2,1-2H3/t17-/m0/s1. The molecule has 2 aromatic rings. The molecule has 1 aliphatic carbocycles. The summed E-state index contributed by atoms with van der Waals surface area (Å²) in [6.07, 6.45) is 0.994. The summed E-state index contributed by atoms with van der Waals surface area (Å²) in [5.74, 6) is 0.515. The van der Waals surface area contributed by atoms with Gasteiger partial charge in [0.15, 0.2) is 0 Å². The van der Waals surface area contributed by atoms with Gasteiger partial charge in [0.1, 0.15) is 5.75 Å². The van der Waals surface area contributed by atoms with Crippen LogP contribution in [0.4, 0.5) is 0 Å². The van der Waals surface area contributed by atoms with Gasteiger partial charge in [0.25, 0.3) is 0 Å². The zero-order valence-corrected chi connectivity index (χ0v) is 11.7. The van der Waals surface area contributed by atoms with Gasteiger partial charge in [0, 0.05) is 5.92 Å². The third-order valence-corrected chi connectivity index (χ3v) is 4.22. The molecule has 0 bridgehead atoms. The first-order valence-electron chi connectivity index (χ1n) is 6.83. The van der Waals surface area contributed by atoms with Crippen LogP contribution in [0.25, 0.3) is 0 Å². The monoisotopic (exact) mass is 263 g/mol. The maximum atomic E-state index is 9.74. The van der Waals surface area contributed by atoms with Gasteiger partial charge in [0.2, 0.25) is 0 Å². The van der Waals surface area contributed by atoms with Gasteiger partial charge < -0.3 is 5.11 Å². The number of phenolic OH excluding ortho intramolecular Hbond substituents is 1. The van der Waals surface area contributed by atoms with Gasteiger partial charge in [0.05, 0.1) is 11.6 Å². The van der Waals surface area contributed by atoms with E-state index in [1.165, 1.54) is 11.1 Å². The van der Waals surface area contributed by atoms with Gasteiger partial charge in [-0.1, -0.05) is 32.0 Å². The summed E-state index contributed by atoms with van der Waals surface area (Å²) in [6, 6.07) is 15.6. The molecule has 0 aromatic heterocycles. The molecule has 2 nitrogen and oxygen atoms in total. The average Bonchev–Trinajstić information content (AvgIpc) is 2.67. The fraction of sp³-hybridized carbons (Fsp3) is 0.278. The van der Waals surface area contributed by atoms with Gasteiger partial charge in [-0.3, -0.25) is 0 Å². The van der Waals surface area contributed by atoms with E-state index in [-0.39, 0.29) is 11.3 Å². The largest absolute Gasteiger partial charge is 0.508 e. The van der Waals surface area contributed by atoms with Crippen LogP contribution in [-0.2, 0) is 6.42 Å². The SMILES string of the molecule is CC1(C)Cc2ccc(C#N)cc2[C@@H]1c1cccc(O)c1. The van der Waals surface area contributed by atoms with Crippen LogP contribution in [0, 0.1) is 16.7 Å². The van der Waals surface area contributed by atoms with Crippen molar-refractivity contribution in [2.24, 2.45) is 5.41 Å². The van der Waals surface area contributed by atoms with E-state index in [1.807, 2.05) is 24.3 Å². The quantitative estimate of drug-likeness (QED) is 0.845. The first-order chi connectivity index (χ1) is 9.51. The van der Waals surface area contributed by atoms with Crippen LogP contribution in [0.3, 0.4) is 0 Å². The Labute approximate surface area is 119 Å². The molecule has 0 amide bonds. The smallest absolute Gasteiger partial charge is 0.115 e. The third-order valence-electron chi connectivity index (χ3n) is 4.22. The lowest BCUT2D eigenvalue weighted by Crippen LogP contribution is -2.18. The Bertz CT molecular complexity index is 710. The molecule has 1 aliphatic rings. The minimum atomic E-state index is 0.0875. The Morgan fingerprint density at radius 2 is 2.00 bits per heavy atom. The Kier molecular flexibility index (Phi) is 2.79. The molecule has 0 saturated carbocycles. The summed E-state index contributed by atoms with van der Waals surface area (Å²) in [7, 11) is 0.